The van der Waals surface area contributed by atoms with Crippen molar-refractivity contribution in [1.82, 2.24) is 4.98 Å². The fourth-order valence-corrected chi connectivity index (χ4v) is 4.07. The van der Waals surface area contributed by atoms with Crippen LogP contribution in [0.1, 0.15) is 41.4 Å². The molecule has 1 unspecified atom stereocenters. The van der Waals surface area contributed by atoms with Gasteiger partial charge in [-0.25, -0.2) is 0 Å². The van der Waals surface area contributed by atoms with Crippen LogP contribution in [0.2, 0.25) is 0 Å². The van der Waals surface area contributed by atoms with E-state index in [9.17, 15) is 9.59 Å². The zero-order chi connectivity index (χ0) is 21.3. The van der Waals surface area contributed by atoms with Crippen molar-refractivity contribution in [3.05, 3.63) is 99.4 Å². The number of fused-ring (bicyclic) bond motifs is 1. The molecule has 0 amide bonds. The number of pyridine rings is 1. The molecule has 0 bridgehead atoms. The van der Waals surface area contributed by atoms with Gasteiger partial charge in [-0.05, 0) is 59.6 Å². The van der Waals surface area contributed by atoms with E-state index >= 15 is 0 Å². The number of carbonyl (C=O) groups is 2. The Morgan fingerprint density at radius 1 is 0.967 bits per heavy atom. The fraction of sp³-hybridized carbons (Fsp3) is 0.125. The summed E-state index contributed by atoms with van der Waals surface area (Å²) in [7, 11) is 0. The van der Waals surface area contributed by atoms with E-state index in [-0.39, 0.29) is 17.6 Å². The summed E-state index contributed by atoms with van der Waals surface area (Å²) in [6.07, 6.45) is 3.45. The minimum Gasteiger partial charge on any atom is -0.372 e. The highest BCUT2D eigenvalue weighted by molar-refractivity contribution is 9.10. The molecule has 6 heteroatoms. The molecule has 2 aromatic carbocycles. The zero-order valence-corrected chi connectivity index (χ0v) is 18.2. The maximum Gasteiger partial charge on any atom is 0.193 e. The van der Waals surface area contributed by atoms with E-state index in [2.05, 4.69) is 31.5 Å². The number of anilines is 2. The van der Waals surface area contributed by atoms with Crippen LogP contribution in [0.3, 0.4) is 0 Å². The standard InChI is InChI=1S/C24H20BrN3O2/c1-14-22(15(2)29)23(18-10-19(25)13-26-12-18)28-20-9-8-17(11-21(20)27-14)24(30)16-6-4-3-5-7-16/h3-13,23,27-28H,1-2H3. The summed E-state index contributed by atoms with van der Waals surface area (Å²) >= 11 is 3.46. The average Bonchev–Trinajstić information content (AvgIpc) is 2.89. The molecule has 0 saturated heterocycles. The smallest absolute Gasteiger partial charge is 0.193 e. The van der Waals surface area contributed by atoms with Crippen LogP contribution in [0, 0.1) is 0 Å². The van der Waals surface area contributed by atoms with Gasteiger partial charge in [0.25, 0.3) is 0 Å². The summed E-state index contributed by atoms with van der Waals surface area (Å²) in [5.41, 5.74) is 5.00. The molecule has 2 heterocycles. The van der Waals surface area contributed by atoms with Crippen LogP contribution in [0.4, 0.5) is 11.4 Å². The Kier molecular flexibility index (Phi) is 5.50. The van der Waals surface area contributed by atoms with E-state index in [0.717, 1.165) is 27.1 Å². The lowest BCUT2D eigenvalue weighted by Crippen LogP contribution is -2.18. The molecule has 150 valence electrons. The second kappa shape index (κ2) is 8.24. The van der Waals surface area contributed by atoms with Crippen molar-refractivity contribution in [3.8, 4) is 0 Å². The quantitative estimate of drug-likeness (QED) is 0.500. The lowest BCUT2D eigenvalue weighted by atomic mass is 9.95. The van der Waals surface area contributed by atoms with Gasteiger partial charge in [0.2, 0.25) is 0 Å². The van der Waals surface area contributed by atoms with Crippen molar-refractivity contribution in [2.75, 3.05) is 10.6 Å². The minimum absolute atomic E-state index is 0.0362. The lowest BCUT2D eigenvalue weighted by molar-refractivity contribution is -0.113. The number of ketones is 2. The van der Waals surface area contributed by atoms with Crippen LogP contribution in [0.25, 0.3) is 0 Å². The molecule has 1 atom stereocenters. The summed E-state index contributed by atoms with van der Waals surface area (Å²) in [6, 6.07) is 16.2. The van der Waals surface area contributed by atoms with E-state index in [1.165, 1.54) is 0 Å². The van der Waals surface area contributed by atoms with E-state index < -0.39 is 0 Å². The topological polar surface area (TPSA) is 71.1 Å². The lowest BCUT2D eigenvalue weighted by Gasteiger charge is -2.21. The Morgan fingerprint density at radius 2 is 1.73 bits per heavy atom. The van der Waals surface area contributed by atoms with Gasteiger partial charge in [0, 0.05) is 39.3 Å². The van der Waals surface area contributed by atoms with Crippen molar-refractivity contribution in [1.29, 1.82) is 0 Å². The first-order chi connectivity index (χ1) is 14.4. The maximum absolute atomic E-state index is 12.9. The zero-order valence-electron chi connectivity index (χ0n) is 16.6. The number of carbonyl (C=O) groups excluding carboxylic acids is 2. The van der Waals surface area contributed by atoms with E-state index in [1.807, 2.05) is 43.3 Å². The number of nitrogens with one attached hydrogen (secondary N) is 2. The van der Waals surface area contributed by atoms with Crippen LogP contribution in [-0.2, 0) is 4.79 Å². The Balaban J connectivity index is 1.77. The van der Waals surface area contributed by atoms with Gasteiger partial charge in [-0.15, -0.1) is 0 Å². The molecule has 5 nitrogen and oxygen atoms in total. The first-order valence-corrected chi connectivity index (χ1v) is 10.3. The third-order valence-corrected chi connectivity index (χ3v) is 5.50. The van der Waals surface area contributed by atoms with Crippen LogP contribution in [0.5, 0.6) is 0 Å². The molecule has 30 heavy (non-hydrogen) atoms. The number of nitrogens with zero attached hydrogens (tertiary/aromatic N) is 1. The van der Waals surface area contributed by atoms with E-state index in [1.54, 1.807) is 37.5 Å². The van der Waals surface area contributed by atoms with Crippen molar-refractivity contribution in [2.24, 2.45) is 0 Å². The number of benzene rings is 2. The highest BCUT2D eigenvalue weighted by Gasteiger charge is 2.27. The molecule has 4 rings (SSSR count). The summed E-state index contributed by atoms with van der Waals surface area (Å²) in [5, 5.41) is 6.78. The molecular weight excluding hydrogens is 442 g/mol. The van der Waals surface area contributed by atoms with Gasteiger partial charge in [-0.1, -0.05) is 30.3 Å². The molecule has 0 fully saturated rings. The number of allylic oxidation sites excluding steroid dienone is 1. The van der Waals surface area contributed by atoms with Gasteiger partial charge >= 0.3 is 0 Å². The van der Waals surface area contributed by atoms with Gasteiger partial charge in [0.1, 0.15) is 0 Å². The summed E-state index contributed by atoms with van der Waals surface area (Å²) in [5.74, 6) is -0.0866. The highest BCUT2D eigenvalue weighted by Crippen LogP contribution is 2.37. The highest BCUT2D eigenvalue weighted by atomic mass is 79.9. The van der Waals surface area contributed by atoms with Gasteiger partial charge < -0.3 is 10.6 Å². The van der Waals surface area contributed by atoms with Crippen molar-refractivity contribution >= 4 is 38.9 Å². The Labute approximate surface area is 183 Å². The minimum atomic E-state index is -0.364. The number of hydrogen-bond donors (Lipinski definition) is 2. The molecule has 1 aliphatic heterocycles. The monoisotopic (exact) mass is 461 g/mol. The van der Waals surface area contributed by atoms with Gasteiger partial charge in [-0.3, -0.25) is 14.6 Å². The normalized spacial score (nSPS) is 15.5. The average molecular weight is 462 g/mol. The molecule has 1 aliphatic rings. The number of halogens is 1. The number of aromatic nitrogens is 1. The van der Waals surface area contributed by atoms with Crippen LogP contribution in [-0.4, -0.2) is 16.6 Å². The van der Waals surface area contributed by atoms with Gasteiger partial charge in [0.15, 0.2) is 11.6 Å². The van der Waals surface area contributed by atoms with Crippen LogP contribution < -0.4 is 10.6 Å². The third kappa shape index (κ3) is 3.91. The molecular formula is C24H20BrN3O2. The van der Waals surface area contributed by atoms with Crippen LogP contribution >= 0.6 is 15.9 Å². The molecule has 1 aromatic heterocycles. The molecule has 2 N–H and O–H groups in total. The largest absolute Gasteiger partial charge is 0.372 e. The molecule has 0 saturated carbocycles. The Morgan fingerprint density at radius 3 is 2.43 bits per heavy atom. The van der Waals surface area contributed by atoms with Crippen molar-refractivity contribution in [3.63, 3.8) is 0 Å². The molecule has 0 radical (unpaired) electrons. The first kappa shape index (κ1) is 20.0. The SMILES string of the molecule is CC(=O)C1=C(C)Nc2cc(C(=O)c3ccccc3)ccc2NC1c1cncc(Br)c1. The Hall–Kier alpha value is -3.25. The second-order valence-electron chi connectivity index (χ2n) is 7.19. The number of rotatable bonds is 4. The molecule has 0 aliphatic carbocycles. The van der Waals surface area contributed by atoms with Crippen LogP contribution in [0.15, 0.2) is 82.7 Å². The predicted octanol–water partition coefficient (Wildman–Crippen LogP) is 5.52. The van der Waals surface area contributed by atoms with E-state index in [4.69, 9.17) is 0 Å². The first-order valence-electron chi connectivity index (χ1n) is 9.53. The fourth-order valence-electron chi connectivity index (χ4n) is 3.69. The number of Topliss-reactive ketones (excluding diaryl/α,β-unsaturated/α-hetero) is 1. The van der Waals surface area contributed by atoms with Gasteiger partial charge in [-0.2, -0.15) is 0 Å². The van der Waals surface area contributed by atoms with Crippen molar-refractivity contribution in [2.45, 2.75) is 19.9 Å². The summed E-state index contributed by atoms with van der Waals surface area (Å²) in [4.78, 5) is 29.6. The third-order valence-electron chi connectivity index (χ3n) is 5.07. The molecule has 3 aromatic rings. The van der Waals surface area contributed by atoms with E-state index in [0.29, 0.717) is 16.7 Å². The number of hydrogen-bond acceptors (Lipinski definition) is 5. The Bertz CT molecular complexity index is 1170. The summed E-state index contributed by atoms with van der Waals surface area (Å²) < 4.78 is 0.837. The molecule has 0 spiro atoms. The predicted molar refractivity (Wildman–Crippen MR) is 122 cm³/mol. The summed E-state index contributed by atoms with van der Waals surface area (Å²) in [6.45, 7) is 3.43. The maximum atomic E-state index is 12.9. The second-order valence-corrected chi connectivity index (χ2v) is 8.10. The van der Waals surface area contributed by atoms with Gasteiger partial charge in [0.05, 0.1) is 17.4 Å². The van der Waals surface area contributed by atoms with Crippen molar-refractivity contribution < 1.29 is 9.59 Å².